The molecule has 0 aliphatic carbocycles. The fourth-order valence-electron chi connectivity index (χ4n) is 3.57. The molecule has 5 heteroatoms. The molecule has 3 aromatic rings. The van der Waals surface area contributed by atoms with E-state index in [0.717, 1.165) is 49.6 Å². The van der Waals surface area contributed by atoms with E-state index >= 15 is 0 Å². The van der Waals surface area contributed by atoms with E-state index in [9.17, 15) is 0 Å². The number of benzene rings is 2. The molecule has 0 spiro atoms. The smallest absolute Gasteiger partial charge is 0.225 e. The highest BCUT2D eigenvalue weighted by atomic mass is 15.2. The van der Waals surface area contributed by atoms with Crippen molar-refractivity contribution in [3.05, 3.63) is 66.2 Å². The number of para-hydroxylation sites is 1. The third kappa shape index (κ3) is 4.15. The third-order valence-electron chi connectivity index (χ3n) is 5.01. The van der Waals surface area contributed by atoms with Crippen LogP contribution in [0.15, 0.2) is 60.7 Å². The van der Waals surface area contributed by atoms with Crippen LogP contribution in [0.5, 0.6) is 0 Å². The van der Waals surface area contributed by atoms with Crippen LogP contribution in [-0.2, 0) is 6.42 Å². The van der Waals surface area contributed by atoms with E-state index in [1.54, 1.807) is 0 Å². The fraction of sp³-hybridized carbons (Fsp3) is 0.304. The number of nitrogens with one attached hydrogen (secondary N) is 1. The van der Waals surface area contributed by atoms with Crippen molar-refractivity contribution in [2.75, 3.05) is 43.9 Å². The van der Waals surface area contributed by atoms with Crippen molar-refractivity contribution in [3.8, 4) is 11.3 Å². The minimum absolute atomic E-state index is 0.682. The van der Waals surface area contributed by atoms with Crippen molar-refractivity contribution in [2.45, 2.75) is 12.8 Å². The first kappa shape index (κ1) is 18.4. The predicted molar refractivity (Wildman–Crippen MR) is 116 cm³/mol. The summed E-state index contributed by atoms with van der Waals surface area (Å²) in [7, 11) is 4.14. The Morgan fingerprint density at radius 1 is 1.00 bits per heavy atom. The van der Waals surface area contributed by atoms with Gasteiger partial charge in [-0.3, -0.25) is 0 Å². The summed E-state index contributed by atoms with van der Waals surface area (Å²) < 4.78 is 0. The molecule has 144 valence electrons. The van der Waals surface area contributed by atoms with E-state index < -0.39 is 0 Å². The van der Waals surface area contributed by atoms with E-state index in [1.807, 2.05) is 18.2 Å². The molecular formula is C23H27N5. The van der Waals surface area contributed by atoms with Gasteiger partial charge in [0.1, 0.15) is 5.82 Å². The van der Waals surface area contributed by atoms with Crippen LogP contribution >= 0.6 is 0 Å². The molecule has 1 N–H and O–H groups in total. The lowest BCUT2D eigenvalue weighted by Crippen LogP contribution is -2.26. The van der Waals surface area contributed by atoms with Gasteiger partial charge in [-0.1, -0.05) is 48.5 Å². The van der Waals surface area contributed by atoms with E-state index in [-0.39, 0.29) is 0 Å². The lowest BCUT2D eigenvalue weighted by molar-refractivity contribution is 0.425. The Morgan fingerprint density at radius 2 is 1.79 bits per heavy atom. The number of likely N-dealkylation sites (N-methyl/N-ethyl adjacent to an activating group) is 1. The lowest BCUT2D eigenvalue weighted by atomic mass is 10.0. The Bertz CT molecular complexity index is 923. The van der Waals surface area contributed by atoms with Gasteiger partial charge in [0.2, 0.25) is 5.95 Å². The molecule has 0 fully saturated rings. The van der Waals surface area contributed by atoms with Gasteiger partial charge in [0.05, 0.1) is 5.69 Å². The second-order valence-electron chi connectivity index (χ2n) is 7.41. The molecule has 0 unspecified atom stereocenters. The second kappa shape index (κ2) is 8.40. The first-order chi connectivity index (χ1) is 13.7. The summed E-state index contributed by atoms with van der Waals surface area (Å²) in [4.78, 5) is 14.1. The summed E-state index contributed by atoms with van der Waals surface area (Å²) in [6.45, 7) is 2.71. The average molecular weight is 374 g/mol. The highest BCUT2D eigenvalue weighted by Crippen LogP contribution is 2.34. The lowest BCUT2D eigenvalue weighted by Gasteiger charge is -2.30. The maximum Gasteiger partial charge on any atom is 0.225 e. The van der Waals surface area contributed by atoms with Gasteiger partial charge in [-0.25, -0.2) is 4.98 Å². The molecule has 1 aromatic heterocycles. The van der Waals surface area contributed by atoms with Crippen molar-refractivity contribution in [1.82, 2.24) is 14.9 Å². The standard InChI is InChI=1S/C23H27N5/c1-27(2)16-14-24-23-25-20(18-9-4-3-5-10-18)17-22(26-23)28-15-8-12-19-11-6-7-13-21(19)28/h3-7,9-11,13,17H,8,12,14-16H2,1-2H3,(H,24,25,26). The van der Waals surface area contributed by atoms with Crippen molar-refractivity contribution in [3.63, 3.8) is 0 Å². The second-order valence-corrected chi connectivity index (χ2v) is 7.41. The molecular weight excluding hydrogens is 346 g/mol. The monoisotopic (exact) mass is 373 g/mol. The number of nitrogens with zero attached hydrogens (tertiary/aromatic N) is 4. The molecule has 28 heavy (non-hydrogen) atoms. The van der Waals surface area contributed by atoms with Gasteiger partial charge >= 0.3 is 0 Å². The van der Waals surface area contributed by atoms with Gasteiger partial charge in [-0.2, -0.15) is 4.98 Å². The molecule has 2 aromatic carbocycles. The van der Waals surface area contributed by atoms with Gasteiger partial charge < -0.3 is 15.1 Å². The largest absolute Gasteiger partial charge is 0.353 e. The van der Waals surface area contributed by atoms with Gasteiger partial charge in [0.15, 0.2) is 0 Å². The summed E-state index contributed by atoms with van der Waals surface area (Å²) in [5.74, 6) is 1.63. The number of rotatable bonds is 6. The Labute approximate surface area is 167 Å². The van der Waals surface area contributed by atoms with E-state index in [1.165, 1.54) is 11.3 Å². The normalized spacial score (nSPS) is 13.5. The Hall–Kier alpha value is -2.92. The van der Waals surface area contributed by atoms with Gasteiger partial charge in [-0.15, -0.1) is 0 Å². The molecule has 0 radical (unpaired) electrons. The van der Waals surface area contributed by atoms with E-state index in [0.29, 0.717) is 5.95 Å². The van der Waals surface area contributed by atoms with E-state index in [2.05, 4.69) is 71.7 Å². The quantitative estimate of drug-likeness (QED) is 0.701. The topological polar surface area (TPSA) is 44.3 Å². The van der Waals surface area contributed by atoms with Gasteiger partial charge in [0, 0.05) is 37.0 Å². The first-order valence-electron chi connectivity index (χ1n) is 9.89. The van der Waals surface area contributed by atoms with Crippen LogP contribution in [0.1, 0.15) is 12.0 Å². The molecule has 0 saturated carbocycles. The summed E-state index contributed by atoms with van der Waals surface area (Å²) in [6.07, 6.45) is 2.25. The number of fused-ring (bicyclic) bond motifs is 1. The zero-order valence-corrected chi connectivity index (χ0v) is 16.6. The minimum atomic E-state index is 0.682. The Kier molecular flexibility index (Phi) is 5.53. The Balaban J connectivity index is 1.72. The first-order valence-corrected chi connectivity index (χ1v) is 9.89. The van der Waals surface area contributed by atoms with Gasteiger partial charge in [0.25, 0.3) is 0 Å². The number of hydrogen-bond acceptors (Lipinski definition) is 5. The SMILES string of the molecule is CN(C)CCNc1nc(-c2ccccc2)cc(N2CCCc3ccccc32)n1. The van der Waals surface area contributed by atoms with E-state index in [4.69, 9.17) is 9.97 Å². The molecule has 5 nitrogen and oxygen atoms in total. The zero-order chi connectivity index (χ0) is 19.3. The summed E-state index contributed by atoms with van der Waals surface area (Å²) in [5, 5.41) is 3.40. The van der Waals surface area contributed by atoms with Crippen LogP contribution in [-0.4, -0.2) is 48.6 Å². The maximum absolute atomic E-state index is 4.86. The molecule has 0 atom stereocenters. The van der Waals surface area contributed by atoms with Crippen molar-refractivity contribution >= 4 is 17.5 Å². The van der Waals surface area contributed by atoms with Crippen molar-refractivity contribution in [1.29, 1.82) is 0 Å². The number of aromatic nitrogens is 2. The average Bonchev–Trinajstić information content (AvgIpc) is 2.73. The molecule has 2 heterocycles. The Morgan fingerprint density at radius 3 is 2.61 bits per heavy atom. The summed E-state index contributed by atoms with van der Waals surface area (Å²) in [6, 6.07) is 21.1. The highest BCUT2D eigenvalue weighted by molar-refractivity contribution is 5.71. The van der Waals surface area contributed by atoms with Crippen LogP contribution in [0.4, 0.5) is 17.5 Å². The summed E-state index contributed by atoms with van der Waals surface area (Å²) in [5.41, 5.74) is 4.69. The van der Waals surface area contributed by atoms with Crippen molar-refractivity contribution in [2.24, 2.45) is 0 Å². The van der Waals surface area contributed by atoms with Crippen LogP contribution < -0.4 is 10.2 Å². The number of hydrogen-bond donors (Lipinski definition) is 1. The van der Waals surface area contributed by atoms with Crippen LogP contribution in [0.3, 0.4) is 0 Å². The third-order valence-corrected chi connectivity index (χ3v) is 5.01. The summed E-state index contributed by atoms with van der Waals surface area (Å²) >= 11 is 0. The number of anilines is 3. The fourth-order valence-corrected chi connectivity index (χ4v) is 3.57. The molecule has 1 aliphatic heterocycles. The molecule has 4 rings (SSSR count). The van der Waals surface area contributed by atoms with Gasteiger partial charge in [-0.05, 0) is 38.6 Å². The molecule has 0 saturated heterocycles. The zero-order valence-electron chi connectivity index (χ0n) is 16.6. The molecule has 0 bridgehead atoms. The number of aryl methyl sites for hydroxylation is 1. The maximum atomic E-state index is 4.86. The van der Waals surface area contributed by atoms with Crippen LogP contribution in [0, 0.1) is 0 Å². The van der Waals surface area contributed by atoms with Crippen molar-refractivity contribution < 1.29 is 0 Å². The molecule has 1 aliphatic rings. The van der Waals surface area contributed by atoms with Crippen LogP contribution in [0.2, 0.25) is 0 Å². The highest BCUT2D eigenvalue weighted by Gasteiger charge is 2.20. The molecule has 0 amide bonds. The van der Waals surface area contributed by atoms with Crippen LogP contribution in [0.25, 0.3) is 11.3 Å². The minimum Gasteiger partial charge on any atom is -0.353 e. The predicted octanol–water partition coefficient (Wildman–Crippen LogP) is 4.20.